The maximum atomic E-state index is 13.7. The van der Waals surface area contributed by atoms with Crippen LogP contribution < -0.4 is 10.1 Å². The molecule has 0 radical (unpaired) electrons. The summed E-state index contributed by atoms with van der Waals surface area (Å²) in [4.78, 5) is 25.4. The molecule has 1 saturated heterocycles. The molecule has 1 saturated carbocycles. The highest BCUT2D eigenvalue weighted by molar-refractivity contribution is 5.80. The average molecular weight is 372 g/mol. The van der Waals surface area contributed by atoms with Crippen molar-refractivity contribution in [3.05, 3.63) is 29.6 Å². The number of fused-ring (bicyclic) bond motifs is 1. The van der Waals surface area contributed by atoms with Crippen molar-refractivity contribution in [3.63, 3.8) is 0 Å². The summed E-state index contributed by atoms with van der Waals surface area (Å²) in [5.74, 6) is -2.43. The summed E-state index contributed by atoms with van der Waals surface area (Å²) in [6, 6.07) is 3.03. The topological polar surface area (TPSA) is 78.9 Å². The van der Waals surface area contributed by atoms with E-state index in [0.717, 1.165) is 25.0 Å². The van der Waals surface area contributed by atoms with Crippen LogP contribution in [0.5, 0.6) is 5.75 Å². The lowest BCUT2D eigenvalue weighted by Gasteiger charge is -2.23. The minimum atomic E-state index is -3.12. The fourth-order valence-electron chi connectivity index (χ4n) is 3.93. The van der Waals surface area contributed by atoms with E-state index >= 15 is 0 Å². The highest BCUT2D eigenvalue weighted by Crippen LogP contribution is 2.48. The molecule has 1 aliphatic carbocycles. The van der Waals surface area contributed by atoms with E-state index in [0.29, 0.717) is 18.5 Å². The van der Waals surface area contributed by atoms with Gasteiger partial charge in [0.2, 0.25) is 0 Å². The van der Waals surface area contributed by atoms with Crippen LogP contribution in [0.15, 0.2) is 18.2 Å². The van der Waals surface area contributed by atoms with Gasteiger partial charge in [-0.2, -0.15) is 8.78 Å². The number of amides is 2. The van der Waals surface area contributed by atoms with Crippen LogP contribution in [0, 0.1) is 17.2 Å². The molecule has 2 amide bonds. The molecule has 3 rings (SSSR count). The lowest BCUT2D eigenvalue weighted by Crippen LogP contribution is -2.41. The van der Waals surface area contributed by atoms with Crippen LogP contribution in [0.3, 0.4) is 0 Å². The molecule has 0 bridgehead atoms. The maximum absolute atomic E-state index is 13.7. The molecule has 26 heavy (non-hydrogen) atoms. The van der Waals surface area contributed by atoms with Crippen LogP contribution in [-0.4, -0.2) is 41.7 Å². The zero-order valence-corrected chi connectivity index (χ0v) is 13.9. The van der Waals surface area contributed by atoms with Crippen LogP contribution in [0.1, 0.15) is 24.8 Å². The van der Waals surface area contributed by atoms with Gasteiger partial charge in [-0.05, 0) is 36.5 Å². The van der Waals surface area contributed by atoms with Crippen molar-refractivity contribution in [2.24, 2.45) is 11.3 Å². The minimum Gasteiger partial charge on any atom is -0.481 e. The summed E-state index contributed by atoms with van der Waals surface area (Å²) in [7, 11) is 0. The van der Waals surface area contributed by atoms with Gasteiger partial charge in [0.15, 0.2) is 11.6 Å². The SMILES string of the molecule is O=C(NCc1ccc(OC(F)F)c(F)c1)N1C[C@@H]2CCC[C@@]2(C(=O)O)C1. The van der Waals surface area contributed by atoms with Crippen LogP contribution in [0.2, 0.25) is 0 Å². The number of nitrogens with one attached hydrogen (secondary N) is 1. The van der Waals surface area contributed by atoms with Gasteiger partial charge < -0.3 is 20.1 Å². The van der Waals surface area contributed by atoms with Crippen LogP contribution >= 0.6 is 0 Å². The Morgan fingerprint density at radius 2 is 2.19 bits per heavy atom. The number of likely N-dealkylation sites (tertiary alicyclic amines) is 1. The Morgan fingerprint density at radius 1 is 1.42 bits per heavy atom. The van der Waals surface area contributed by atoms with Crippen molar-refractivity contribution in [2.75, 3.05) is 13.1 Å². The Balaban J connectivity index is 1.58. The number of halogens is 3. The zero-order valence-electron chi connectivity index (χ0n) is 13.9. The second kappa shape index (κ2) is 7.05. The Morgan fingerprint density at radius 3 is 2.81 bits per heavy atom. The number of carboxylic acids is 1. The molecule has 2 atom stereocenters. The third-order valence-corrected chi connectivity index (χ3v) is 5.24. The first kappa shape index (κ1) is 18.3. The largest absolute Gasteiger partial charge is 0.481 e. The highest BCUT2D eigenvalue weighted by atomic mass is 19.3. The van der Waals surface area contributed by atoms with E-state index in [2.05, 4.69) is 10.1 Å². The third kappa shape index (κ3) is 3.42. The fraction of sp³-hybridized carbons (Fsp3) is 0.529. The first-order chi connectivity index (χ1) is 12.3. The van der Waals surface area contributed by atoms with E-state index in [1.807, 2.05) is 0 Å². The second-order valence-electron chi connectivity index (χ2n) is 6.73. The number of ether oxygens (including phenoxy) is 1. The molecule has 0 aromatic heterocycles. The molecule has 6 nitrogen and oxygen atoms in total. The Bertz CT molecular complexity index is 715. The van der Waals surface area contributed by atoms with Gasteiger partial charge in [0.1, 0.15) is 0 Å². The summed E-state index contributed by atoms with van der Waals surface area (Å²) in [5, 5.41) is 12.1. The number of alkyl halides is 2. The molecular weight excluding hydrogens is 353 g/mol. The number of hydrogen-bond donors (Lipinski definition) is 2. The van der Waals surface area contributed by atoms with Crippen LogP contribution in [0.25, 0.3) is 0 Å². The monoisotopic (exact) mass is 372 g/mol. The molecule has 9 heteroatoms. The predicted octanol–water partition coefficient (Wildman–Crippen LogP) is 2.82. The van der Waals surface area contributed by atoms with Gasteiger partial charge in [-0.25, -0.2) is 9.18 Å². The normalized spacial score (nSPS) is 24.6. The van der Waals surface area contributed by atoms with Gasteiger partial charge >= 0.3 is 18.6 Å². The number of rotatable bonds is 5. The first-order valence-electron chi connectivity index (χ1n) is 8.31. The summed E-state index contributed by atoms with van der Waals surface area (Å²) in [5.41, 5.74) is -0.484. The zero-order chi connectivity index (χ0) is 18.9. The summed E-state index contributed by atoms with van der Waals surface area (Å²) < 4.78 is 41.9. The molecular formula is C17H19F3N2O4. The molecule has 2 N–H and O–H groups in total. The number of aliphatic carboxylic acids is 1. The number of carbonyl (C=O) groups excluding carboxylic acids is 1. The van der Waals surface area contributed by atoms with Crippen molar-refractivity contribution in [1.29, 1.82) is 0 Å². The number of nitrogens with zero attached hydrogens (tertiary/aromatic N) is 1. The number of carbonyl (C=O) groups is 2. The van der Waals surface area contributed by atoms with Crippen molar-refractivity contribution >= 4 is 12.0 Å². The molecule has 1 aromatic rings. The smallest absolute Gasteiger partial charge is 0.387 e. The van der Waals surface area contributed by atoms with Crippen molar-refractivity contribution in [3.8, 4) is 5.75 Å². The van der Waals surface area contributed by atoms with E-state index in [1.165, 1.54) is 11.0 Å². The molecule has 0 unspecified atom stereocenters. The molecule has 1 aliphatic heterocycles. The standard InChI is InChI=1S/C17H19F3N2O4/c18-12-6-10(3-4-13(12)26-15(19)20)7-21-16(25)22-8-11-2-1-5-17(11,9-22)14(23)24/h3-4,6,11,15H,1-2,5,7-9H2,(H,21,25)(H,23,24)/t11-,17+/m0/s1. The molecule has 0 spiro atoms. The van der Waals surface area contributed by atoms with Gasteiger partial charge in [0.25, 0.3) is 0 Å². The quantitative estimate of drug-likeness (QED) is 0.833. The van der Waals surface area contributed by atoms with Crippen molar-refractivity contribution in [2.45, 2.75) is 32.4 Å². The minimum absolute atomic E-state index is 0.00799. The Kier molecular flexibility index (Phi) is 4.97. The van der Waals surface area contributed by atoms with E-state index in [1.54, 1.807) is 0 Å². The number of benzene rings is 1. The first-order valence-corrected chi connectivity index (χ1v) is 8.31. The fourth-order valence-corrected chi connectivity index (χ4v) is 3.93. The van der Waals surface area contributed by atoms with Crippen molar-refractivity contribution in [1.82, 2.24) is 10.2 Å². The van der Waals surface area contributed by atoms with Gasteiger partial charge in [0, 0.05) is 19.6 Å². The predicted molar refractivity (Wildman–Crippen MR) is 84.3 cm³/mol. The molecule has 1 heterocycles. The summed E-state index contributed by atoms with van der Waals surface area (Å²) >= 11 is 0. The molecule has 142 valence electrons. The second-order valence-corrected chi connectivity index (χ2v) is 6.73. The Labute approximate surface area is 147 Å². The van der Waals surface area contributed by atoms with Gasteiger partial charge in [-0.15, -0.1) is 0 Å². The van der Waals surface area contributed by atoms with E-state index < -0.39 is 35.6 Å². The molecule has 1 aromatic carbocycles. The van der Waals surface area contributed by atoms with Gasteiger partial charge in [-0.1, -0.05) is 12.5 Å². The van der Waals surface area contributed by atoms with Gasteiger partial charge in [-0.3, -0.25) is 4.79 Å². The lowest BCUT2D eigenvalue weighted by molar-refractivity contribution is -0.149. The number of carboxylic acid groups (broad SMARTS) is 1. The molecule has 2 aliphatic rings. The van der Waals surface area contributed by atoms with Crippen LogP contribution in [0.4, 0.5) is 18.0 Å². The van der Waals surface area contributed by atoms with E-state index in [4.69, 9.17) is 0 Å². The lowest BCUT2D eigenvalue weighted by atomic mass is 9.81. The molecule has 2 fully saturated rings. The van der Waals surface area contributed by atoms with E-state index in [9.17, 15) is 27.9 Å². The van der Waals surface area contributed by atoms with Gasteiger partial charge in [0.05, 0.1) is 5.41 Å². The van der Waals surface area contributed by atoms with Crippen molar-refractivity contribution < 1.29 is 32.6 Å². The third-order valence-electron chi connectivity index (χ3n) is 5.24. The average Bonchev–Trinajstić information content (AvgIpc) is 3.13. The maximum Gasteiger partial charge on any atom is 0.387 e. The highest BCUT2D eigenvalue weighted by Gasteiger charge is 2.55. The van der Waals surface area contributed by atoms with E-state index in [-0.39, 0.29) is 19.0 Å². The number of urea groups is 1. The summed E-state index contributed by atoms with van der Waals surface area (Å²) in [6.07, 6.45) is 2.19. The summed E-state index contributed by atoms with van der Waals surface area (Å²) in [6.45, 7) is -2.58. The van der Waals surface area contributed by atoms with Crippen LogP contribution in [-0.2, 0) is 11.3 Å². The number of hydrogen-bond acceptors (Lipinski definition) is 3. The Hall–Kier alpha value is -2.45.